The molecule has 0 amide bonds. The zero-order valence-corrected chi connectivity index (χ0v) is 10.6. The number of rotatable bonds is 6. The second kappa shape index (κ2) is 6.60. The number of carbonyl (C=O) groups is 1. The molecule has 0 spiro atoms. The summed E-state index contributed by atoms with van der Waals surface area (Å²) >= 11 is 1.59. The van der Waals surface area contributed by atoms with Crippen LogP contribution in [-0.4, -0.2) is 31.4 Å². The summed E-state index contributed by atoms with van der Waals surface area (Å²) in [6.45, 7) is 4.61. The smallest absolute Gasteiger partial charge is 0.323 e. The molecule has 1 heterocycles. The lowest BCUT2D eigenvalue weighted by Gasteiger charge is -2.14. The van der Waals surface area contributed by atoms with Crippen molar-refractivity contribution in [3.8, 4) is 0 Å². The number of likely N-dealkylation sites (N-methyl/N-ethyl adjacent to an activating group) is 1. The van der Waals surface area contributed by atoms with Crippen LogP contribution in [0.25, 0.3) is 0 Å². The van der Waals surface area contributed by atoms with Crippen molar-refractivity contribution >= 4 is 17.7 Å². The van der Waals surface area contributed by atoms with Crippen LogP contribution in [0, 0.1) is 6.92 Å². The first-order valence-electron chi connectivity index (χ1n) is 5.17. The van der Waals surface area contributed by atoms with Crippen LogP contribution in [0.3, 0.4) is 0 Å². The maximum absolute atomic E-state index is 11.4. The van der Waals surface area contributed by atoms with Crippen molar-refractivity contribution in [1.82, 2.24) is 5.32 Å². The highest BCUT2D eigenvalue weighted by atomic mass is 32.2. The Kier molecular flexibility index (Phi) is 5.42. The van der Waals surface area contributed by atoms with E-state index in [0.29, 0.717) is 5.75 Å². The SMILES string of the molecule is CCNC(CSc1ccoc1C)C(=O)OC. The number of carbonyl (C=O) groups excluding carboxylic acids is 1. The average molecular weight is 243 g/mol. The van der Waals surface area contributed by atoms with Crippen LogP contribution in [0.4, 0.5) is 0 Å². The van der Waals surface area contributed by atoms with Crippen molar-refractivity contribution in [2.24, 2.45) is 0 Å². The topological polar surface area (TPSA) is 51.5 Å². The standard InChI is InChI=1S/C11H17NO3S/c1-4-12-9(11(13)14-3)7-16-10-5-6-15-8(10)2/h5-6,9,12H,4,7H2,1-3H3. The number of hydrogen-bond acceptors (Lipinski definition) is 5. The van der Waals surface area contributed by atoms with E-state index in [9.17, 15) is 4.79 Å². The minimum atomic E-state index is -0.269. The van der Waals surface area contributed by atoms with E-state index >= 15 is 0 Å². The van der Waals surface area contributed by atoms with E-state index in [-0.39, 0.29) is 12.0 Å². The molecule has 0 saturated heterocycles. The quantitative estimate of drug-likeness (QED) is 0.610. The molecule has 0 aliphatic rings. The van der Waals surface area contributed by atoms with Crippen LogP contribution in [-0.2, 0) is 9.53 Å². The Balaban J connectivity index is 2.50. The second-order valence-corrected chi connectivity index (χ2v) is 4.35. The summed E-state index contributed by atoms with van der Waals surface area (Å²) in [6, 6.07) is 1.63. The summed E-state index contributed by atoms with van der Waals surface area (Å²) in [7, 11) is 1.40. The molecule has 1 aromatic heterocycles. The Bertz CT molecular complexity index is 338. The van der Waals surface area contributed by atoms with Crippen molar-refractivity contribution in [2.45, 2.75) is 24.8 Å². The third-order valence-corrected chi connectivity index (χ3v) is 3.39. The molecule has 0 aromatic carbocycles. The summed E-state index contributed by atoms with van der Waals surface area (Å²) in [6.07, 6.45) is 1.65. The molecule has 16 heavy (non-hydrogen) atoms. The Hall–Kier alpha value is -0.940. The Morgan fingerprint density at radius 3 is 2.94 bits per heavy atom. The van der Waals surface area contributed by atoms with Crippen LogP contribution < -0.4 is 5.32 Å². The van der Waals surface area contributed by atoms with Crippen LogP contribution in [0.1, 0.15) is 12.7 Å². The van der Waals surface area contributed by atoms with Crippen LogP contribution in [0.5, 0.6) is 0 Å². The van der Waals surface area contributed by atoms with E-state index in [4.69, 9.17) is 9.15 Å². The third kappa shape index (κ3) is 3.57. The minimum absolute atomic E-state index is 0.226. The predicted octanol–water partition coefficient (Wildman–Crippen LogP) is 1.83. The number of aryl methyl sites for hydroxylation is 1. The zero-order chi connectivity index (χ0) is 12.0. The Morgan fingerprint density at radius 2 is 2.44 bits per heavy atom. The number of ether oxygens (including phenoxy) is 1. The van der Waals surface area contributed by atoms with Gasteiger partial charge in [-0.25, -0.2) is 0 Å². The molecule has 0 aliphatic carbocycles. The maximum atomic E-state index is 11.4. The molecule has 90 valence electrons. The van der Waals surface area contributed by atoms with Gasteiger partial charge in [0.15, 0.2) is 0 Å². The van der Waals surface area contributed by atoms with Crippen LogP contribution in [0.2, 0.25) is 0 Å². The molecule has 0 saturated carbocycles. The first kappa shape index (κ1) is 13.1. The van der Waals surface area contributed by atoms with Crippen molar-refractivity contribution in [1.29, 1.82) is 0 Å². The zero-order valence-electron chi connectivity index (χ0n) is 9.78. The molecule has 0 radical (unpaired) electrons. The molecule has 1 N–H and O–H groups in total. The summed E-state index contributed by atoms with van der Waals surface area (Å²) in [5, 5.41) is 3.09. The van der Waals surface area contributed by atoms with Gasteiger partial charge in [0, 0.05) is 10.6 Å². The van der Waals surface area contributed by atoms with E-state index < -0.39 is 0 Å². The lowest BCUT2D eigenvalue weighted by atomic mass is 10.3. The van der Waals surface area contributed by atoms with Gasteiger partial charge in [0.1, 0.15) is 11.8 Å². The molecule has 0 fully saturated rings. The number of nitrogens with one attached hydrogen (secondary N) is 1. The van der Waals surface area contributed by atoms with E-state index in [1.807, 2.05) is 19.9 Å². The number of thioether (sulfide) groups is 1. The van der Waals surface area contributed by atoms with Gasteiger partial charge in [-0.1, -0.05) is 6.92 Å². The Labute approximate surface area is 99.7 Å². The fourth-order valence-corrected chi connectivity index (χ4v) is 2.30. The van der Waals surface area contributed by atoms with Gasteiger partial charge in [-0.15, -0.1) is 11.8 Å². The van der Waals surface area contributed by atoms with Crippen molar-refractivity contribution in [2.75, 3.05) is 19.4 Å². The average Bonchev–Trinajstić information content (AvgIpc) is 2.69. The second-order valence-electron chi connectivity index (χ2n) is 3.29. The van der Waals surface area contributed by atoms with E-state index in [1.54, 1.807) is 18.0 Å². The summed E-state index contributed by atoms with van der Waals surface area (Å²) in [5.74, 6) is 1.29. The van der Waals surface area contributed by atoms with Crippen LogP contribution >= 0.6 is 11.8 Å². The highest BCUT2D eigenvalue weighted by molar-refractivity contribution is 7.99. The first-order chi connectivity index (χ1) is 7.69. The van der Waals surface area contributed by atoms with E-state index in [1.165, 1.54) is 7.11 Å². The molecule has 1 unspecified atom stereocenters. The van der Waals surface area contributed by atoms with Gasteiger partial charge in [0.25, 0.3) is 0 Å². The molecule has 4 nitrogen and oxygen atoms in total. The number of furan rings is 1. The first-order valence-corrected chi connectivity index (χ1v) is 6.15. The van der Waals surface area contributed by atoms with Crippen molar-refractivity contribution in [3.05, 3.63) is 18.1 Å². The third-order valence-electron chi connectivity index (χ3n) is 2.15. The largest absolute Gasteiger partial charge is 0.468 e. The monoisotopic (exact) mass is 243 g/mol. The van der Waals surface area contributed by atoms with Crippen molar-refractivity contribution in [3.63, 3.8) is 0 Å². The summed E-state index contributed by atoms with van der Waals surface area (Å²) < 4.78 is 9.91. The van der Waals surface area contributed by atoms with Gasteiger partial charge in [-0.05, 0) is 19.5 Å². The Morgan fingerprint density at radius 1 is 1.69 bits per heavy atom. The van der Waals surface area contributed by atoms with Gasteiger partial charge >= 0.3 is 5.97 Å². The molecular weight excluding hydrogens is 226 g/mol. The molecule has 0 aliphatic heterocycles. The highest BCUT2D eigenvalue weighted by Gasteiger charge is 2.18. The molecule has 1 atom stereocenters. The number of esters is 1. The van der Waals surface area contributed by atoms with Gasteiger partial charge in [0.2, 0.25) is 0 Å². The van der Waals surface area contributed by atoms with E-state index in [0.717, 1.165) is 17.2 Å². The molecule has 1 aromatic rings. The lowest BCUT2D eigenvalue weighted by molar-refractivity contribution is -0.142. The number of hydrogen-bond donors (Lipinski definition) is 1. The predicted molar refractivity (Wildman–Crippen MR) is 63.6 cm³/mol. The van der Waals surface area contributed by atoms with Gasteiger partial charge in [-0.2, -0.15) is 0 Å². The van der Waals surface area contributed by atoms with Crippen molar-refractivity contribution < 1.29 is 13.9 Å². The molecule has 5 heteroatoms. The van der Waals surface area contributed by atoms with Gasteiger partial charge in [0.05, 0.1) is 13.4 Å². The minimum Gasteiger partial charge on any atom is -0.468 e. The molecular formula is C11H17NO3S. The summed E-state index contributed by atoms with van der Waals surface area (Å²) in [5.41, 5.74) is 0. The molecule has 1 rings (SSSR count). The summed E-state index contributed by atoms with van der Waals surface area (Å²) in [4.78, 5) is 12.5. The maximum Gasteiger partial charge on any atom is 0.323 e. The number of methoxy groups -OCH3 is 1. The molecule has 0 bridgehead atoms. The fourth-order valence-electron chi connectivity index (χ4n) is 1.30. The highest BCUT2D eigenvalue weighted by Crippen LogP contribution is 2.23. The normalized spacial score (nSPS) is 12.4. The lowest BCUT2D eigenvalue weighted by Crippen LogP contribution is -2.39. The van der Waals surface area contributed by atoms with Crippen LogP contribution in [0.15, 0.2) is 21.6 Å². The van der Waals surface area contributed by atoms with E-state index in [2.05, 4.69) is 5.32 Å². The fraction of sp³-hybridized carbons (Fsp3) is 0.545. The van der Waals surface area contributed by atoms with Gasteiger partial charge < -0.3 is 14.5 Å². The van der Waals surface area contributed by atoms with Gasteiger partial charge in [-0.3, -0.25) is 4.79 Å².